The van der Waals surface area contributed by atoms with Crippen molar-refractivity contribution >= 4 is 31.8 Å². The minimum absolute atomic E-state index is 0.169. The first-order chi connectivity index (χ1) is 15.8. The molecule has 0 bridgehead atoms. The van der Waals surface area contributed by atoms with Gasteiger partial charge in [-0.2, -0.15) is 0 Å². The molecular formula is C26H16N4OS. The number of H-pyrrole nitrogens is 1. The van der Waals surface area contributed by atoms with Crippen LogP contribution in [0, 0.1) is 0 Å². The fraction of sp³-hybridized carbons (Fsp3) is 0. The largest absolute Gasteiger partial charge is 0.305 e. The molecule has 1 N–H and O–H groups in total. The molecule has 0 spiro atoms. The van der Waals surface area contributed by atoms with Crippen LogP contribution in [0.5, 0.6) is 0 Å². The maximum atomic E-state index is 13.0. The number of hydrogen-bond acceptors (Lipinski definition) is 5. The van der Waals surface area contributed by atoms with Gasteiger partial charge in [-0.1, -0.05) is 91.0 Å². The number of aromatic amines is 1. The lowest BCUT2D eigenvalue weighted by Gasteiger charge is -2.10. The molecule has 0 amide bonds. The van der Waals surface area contributed by atoms with Gasteiger partial charge in [0.05, 0.1) is 5.52 Å². The fourth-order valence-corrected chi connectivity index (χ4v) is 4.92. The smallest absolute Gasteiger partial charge is 0.269 e. The van der Waals surface area contributed by atoms with Crippen molar-refractivity contribution in [2.24, 2.45) is 0 Å². The van der Waals surface area contributed by atoms with Gasteiger partial charge in [-0.05, 0) is 5.56 Å². The number of rotatable bonds is 3. The SMILES string of the molecule is O=c1[nH]c(-c2ccccc2)nc2c1sc1nnc(-c3ccccc3)c(-c3ccccc3)c12. The third kappa shape index (κ3) is 3.01. The van der Waals surface area contributed by atoms with Gasteiger partial charge < -0.3 is 4.98 Å². The standard InChI is InChI=1S/C26H16N4OS/c31-25-23-22(27-24(28-25)18-14-8-3-9-15-18)20-19(16-10-4-1-5-11-16)21(29-30-26(20)32-23)17-12-6-2-7-13-17/h1-15H,(H,27,28,31). The number of thiophene rings is 1. The van der Waals surface area contributed by atoms with Crippen molar-refractivity contribution in [1.82, 2.24) is 20.2 Å². The average molecular weight is 433 g/mol. The molecule has 0 radical (unpaired) electrons. The average Bonchev–Trinajstić information content (AvgIpc) is 3.24. The van der Waals surface area contributed by atoms with Crippen LogP contribution in [-0.2, 0) is 0 Å². The lowest BCUT2D eigenvalue weighted by Crippen LogP contribution is -2.07. The maximum Gasteiger partial charge on any atom is 0.269 e. The third-order valence-corrected chi connectivity index (χ3v) is 6.47. The zero-order chi connectivity index (χ0) is 21.5. The van der Waals surface area contributed by atoms with Crippen molar-refractivity contribution in [3.8, 4) is 33.8 Å². The summed E-state index contributed by atoms with van der Waals surface area (Å²) in [6.07, 6.45) is 0. The topological polar surface area (TPSA) is 71.5 Å². The van der Waals surface area contributed by atoms with Gasteiger partial charge in [0.15, 0.2) is 0 Å². The van der Waals surface area contributed by atoms with Crippen molar-refractivity contribution in [3.05, 3.63) is 101 Å². The Morgan fingerprint density at radius 3 is 1.94 bits per heavy atom. The van der Waals surface area contributed by atoms with E-state index in [2.05, 4.69) is 27.3 Å². The summed E-state index contributed by atoms with van der Waals surface area (Å²) in [5, 5.41) is 9.93. The molecule has 152 valence electrons. The monoisotopic (exact) mass is 432 g/mol. The number of hydrogen-bond donors (Lipinski definition) is 1. The van der Waals surface area contributed by atoms with Crippen LogP contribution >= 0.6 is 11.3 Å². The summed E-state index contributed by atoms with van der Waals surface area (Å²) in [5.41, 5.74) is 5.02. The molecule has 0 aliphatic rings. The normalized spacial score (nSPS) is 11.2. The van der Waals surface area contributed by atoms with E-state index in [0.29, 0.717) is 20.9 Å². The summed E-state index contributed by atoms with van der Waals surface area (Å²) >= 11 is 1.33. The van der Waals surface area contributed by atoms with Crippen molar-refractivity contribution < 1.29 is 0 Å². The molecule has 3 aromatic heterocycles. The predicted molar refractivity (Wildman–Crippen MR) is 130 cm³/mol. The number of nitrogens with one attached hydrogen (secondary N) is 1. The highest BCUT2D eigenvalue weighted by molar-refractivity contribution is 7.25. The number of aromatic nitrogens is 4. The zero-order valence-corrected chi connectivity index (χ0v) is 17.6. The predicted octanol–water partition coefficient (Wildman–Crippen LogP) is 5.93. The van der Waals surface area contributed by atoms with Gasteiger partial charge in [-0.3, -0.25) is 4.79 Å². The van der Waals surface area contributed by atoms with Gasteiger partial charge in [0.1, 0.15) is 21.0 Å². The molecule has 0 unspecified atom stereocenters. The van der Waals surface area contributed by atoms with E-state index in [1.54, 1.807) is 0 Å². The van der Waals surface area contributed by atoms with Gasteiger partial charge in [0.25, 0.3) is 5.56 Å². The lowest BCUT2D eigenvalue weighted by atomic mass is 9.97. The molecule has 0 atom stereocenters. The van der Waals surface area contributed by atoms with E-state index in [0.717, 1.165) is 33.3 Å². The fourth-order valence-electron chi connectivity index (χ4n) is 3.95. The summed E-state index contributed by atoms with van der Waals surface area (Å²) in [5.74, 6) is 0.542. The van der Waals surface area contributed by atoms with Crippen LogP contribution in [0.15, 0.2) is 95.8 Å². The van der Waals surface area contributed by atoms with Crippen LogP contribution in [-0.4, -0.2) is 20.2 Å². The summed E-state index contributed by atoms with van der Waals surface area (Å²) in [6, 6.07) is 29.8. The molecule has 0 fully saturated rings. The van der Waals surface area contributed by atoms with Crippen LogP contribution in [0.2, 0.25) is 0 Å². The van der Waals surface area contributed by atoms with E-state index < -0.39 is 0 Å². The van der Waals surface area contributed by atoms with Crippen LogP contribution in [0.3, 0.4) is 0 Å². The Labute approximate surface area is 187 Å². The van der Waals surface area contributed by atoms with Gasteiger partial charge in [-0.25, -0.2) is 4.98 Å². The van der Waals surface area contributed by atoms with Crippen molar-refractivity contribution in [3.63, 3.8) is 0 Å². The van der Waals surface area contributed by atoms with Gasteiger partial charge in [0.2, 0.25) is 0 Å². The molecule has 0 saturated heterocycles. The van der Waals surface area contributed by atoms with E-state index in [1.807, 2.05) is 78.9 Å². The first-order valence-corrected chi connectivity index (χ1v) is 11.0. The molecular weight excluding hydrogens is 416 g/mol. The molecule has 6 rings (SSSR count). The van der Waals surface area contributed by atoms with Crippen LogP contribution in [0.25, 0.3) is 54.2 Å². The van der Waals surface area contributed by atoms with Crippen LogP contribution in [0.4, 0.5) is 0 Å². The van der Waals surface area contributed by atoms with Crippen molar-refractivity contribution in [2.75, 3.05) is 0 Å². The van der Waals surface area contributed by atoms with Crippen molar-refractivity contribution in [1.29, 1.82) is 0 Å². The molecule has 0 saturated carbocycles. The summed E-state index contributed by atoms with van der Waals surface area (Å²) in [6.45, 7) is 0. The van der Waals surface area contributed by atoms with Gasteiger partial charge in [0, 0.05) is 22.1 Å². The molecule has 6 aromatic rings. The Kier molecular flexibility index (Phi) is 4.37. The van der Waals surface area contributed by atoms with Crippen molar-refractivity contribution in [2.45, 2.75) is 0 Å². The summed E-state index contributed by atoms with van der Waals surface area (Å²) < 4.78 is 0.552. The number of benzene rings is 3. The molecule has 6 heteroatoms. The Balaban J connectivity index is 1.76. The highest BCUT2D eigenvalue weighted by Crippen LogP contribution is 2.41. The molecule has 5 nitrogen and oxygen atoms in total. The van der Waals surface area contributed by atoms with E-state index in [9.17, 15) is 4.79 Å². The quantitative estimate of drug-likeness (QED) is 0.376. The first-order valence-electron chi connectivity index (χ1n) is 10.2. The maximum absolute atomic E-state index is 13.0. The van der Waals surface area contributed by atoms with E-state index in [1.165, 1.54) is 11.3 Å². The lowest BCUT2D eigenvalue weighted by molar-refractivity contribution is 1.09. The van der Waals surface area contributed by atoms with Gasteiger partial charge >= 0.3 is 0 Å². The Bertz CT molecular complexity index is 1630. The summed E-state index contributed by atoms with van der Waals surface area (Å²) in [4.78, 5) is 21.5. The molecule has 0 aliphatic heterocycles. The minimum Gasteiger partial charge on any atom is -0.305 e. The first kappa shape index (κ1) is 18.6. The van der Waals surface area contributed by atoms with Crippen LogP contribution in [0.1, 0.15) is 0 Å². The molecule has 3 aromatic carbocycles. The second-order valence-electron chi connectivity index (χ2n) is 7.40. The highest BCUT2D eigenvalue weighted by atomic mass is 32.1. The number of nitrogens with zero attached hydrogens (tertiary/aromatic N) is 3. The van der Waals surface area contributed by atoms with Crippen LogP contribution < -0.4 is 5.56 Å². The molecule has 3 heterocycles. The van der Waals surface area contributed by atoms with E-state index >= 15 is 0 Å². The van der Waals surface area contributed by atoms with E-state index in [-0.39, 0.29) is 5.56 Å². The Hall–Kier alpha value is -4.16. The zero-order valence-electron chi connectivity index (χ0n) is 16.8. The second kappa shape index (κ2) is 7.51. The highest BCUT2D eigenvalue weighted by Gasteiger charge is 2.21. The van der Waals surface area contributed by atoms with Gasteiger partial charge in [-0.15, -0.1) is 21.5 Å². The molecule has 0 aliphatic carbocycles. The second-order valence-corrected chi connectivity index (χ2v) is 8.40. The third-order valence-electron chi connectivity index (χ3n) is 5.41. The number of fused-ring (bicyclic) bond motifs is 3. The van der Waals surface area contributed by atoms with E-state index in [4.69, 9.17) is 4.98 Å². The summed E-state index contributed by atoms with van der Waals surface area (Å²) in [7, 11) is 0. The Morgan fingerprint density at radius 2 is 1.28 bits per heavy atom. The molecule has 32 heavy (non-hydrogen) atoms. The Morgan fingerprint density at radius 1 is 0.688 bits per heavy atom. The minimum atomic E-state index is -0.169.